The second-order valence-corrected chi connectivity index (χ2v) is 7.56. The Morgan fingerprint density at radius 2 is 2.12 bits per heavy atom. The van der Waals surface area contributed by atoms with Crippen LogP contribution in [0.3, 0.4) is 0 Å². The first-order valence-corrected chi connectivity index (χ1v) is 9.49. The SMILES string of the molecule is COC(COc1cnc(Br)nc1)C1(c2cnno2)CCNCC1C(C)C. The summed E-state index contributed by atoms with van der Waals surface area (Å²) < 4.78 is 17.9. The van der Waals surface area contributed by atoms with E-state index >= 15 is 0 Å². The first kappa shape index (κ1) is 19.2. The Kier molecular flexibility index (Phi) is 6.20. The molecule has 0 aromatic carbocycles. The van der Waals surface area contributed by atoms with Crippen LogP contribution in [0, 0.1) is 11.8 Å². The summed E-state index contributed by atoms with van der Waals surface area (Å²) in [6.45, 7) is 6.52. The number of nitrogens with one attached hydrogen (secondary N) is 1. The molecule has 2 aromatic heterocycles. The molecule has 1 saturated heterocycles. The van der Waals surface area contributed by atoms with Crippen LogP contribution in [0.2, 0.25) is 0 Å². The summed E-state index contributed by atoms with van der Waals surface area (Å²) in [5.74, 6) is 2.05. The second-order valence-electron chi connectivity index (χ2n) is 6.85. The van der Waals surface area contributed by atoms with Crippen molar-refractivity contribution in [1.29, 1.82) is 0 Å². The van der Waals surface area contributed by atoms with E-state index < -0.39 is 0 Å². The Morgan fingerprint density at radius 1 is 1.35 bits per heavy atom. The van der Waals surface area contributed by atoms with Crippen LogP contribution in [-0.2, 0) is 10.2 Å². The number of rotatable bonds is 7. The predicted octanol–water partition coefficient (Wildman–Crippen LogP) is 2.22. The molecule has 26 heavy (non-hydrogen) atoms. The summed E-state index contributed by atoms with van der Waals surface area (Å²) in [7, 11) is 1.71. The van der Waals surface area contributed by atoms with Crippen molar-refractivity contribution in [3.05, 3.63) is 29.1 Å². The number of hydrogen-bond donors (Lipinski definition) is 1. The van der Waals surface area contributed by atoms with E-state index in [-0.39, 0.29) is 11.5 Å². The quantitative estimate of drug-likeness (QED) is 0.674. The van der Waals surface area contributed by atoms with Gasteiger partial charge in [0.05, 0.1) is 24.0 Å². The minimum absolute atomic E-state index is 0.226. The maximum atomic E-state index is 5.94. The van der Waals surface area contributed by atoms with Crippen molar-refractivity contribution in [2.24, 2.45) is 11.8 Å². The van der Waals surface area contributed by atoms with Crippen molar-refractivity contribution in [1.82, 2.24) is 25.7 Å². The first-order chi connectivity index (χ1) is 12.6. The molecule has 0 saturated carbocycles. The molecule has 3 unspecified atom stereocenters. The zero-order valence-corrected chi connectivity index (χ0v) is 16.8. The standard InChI is InChI=1S/C17H24BrN5O3/c1-11(2)13-8-19-5-4-17(13,14-9-22-23-26-14)15(24-3)10-25-12-6-20-16(18)21-7-12/h6-7,9,11,13,15,19H,4-5,8,10H2,1-3H3. The second kappa shape index (κ2) is 8.41. The molecule has 1 N–H and O–H groups in total. The van der Waals surface area contributed by atoms with Gasteiger partial charge in [0, 0.05) is 12.4 Å². The third-order valence-corrected chi connectivity index (χ3v) is 5.63. The number of methoxy groups -OCH3 is 1. The molecule has 1 aliphatic rings. The van der Waals surface area contributed by atoms with Gasteiger partial charge in [0.1, 0.15) is 12.7 Å². The van der Waals surface area contributed by atoms with Gasteiger partial charge in [0.2, 0.25) is 0 Å². The smallest absolute Gasteiger partial charge is 0.196 e. The van der Waals surface area contributed by atoms with Crippen molar-refractivity contribution >= 4 is 15.9 Å². The van der Waals surface area contributed by atoms with Gasteiger partial charge < -0.3 is 19.3 Å². The normalized spacial score (nSPS) is 24.6. The summed E-state index contributed by atoms with van der Waals surface area (Å²) in [6.07, 6.45) is 5.60. The molecule has 0 radical (unpaired) electrons. The molecule has 0 aliphatic carbocycles. The highest BCUT2D eigenvalue weighted by atomic mass is 79.9. The topological polar surface area (TPSA) is 95.2 Å². The van der Waals surface area contributed by atoms with Crippen molar-refractivity contribution in [2.45, 2.75) is 31.8 Å². The number of ether oxygens (including phenoxy) is 2. The van der Waals surface area contributed by atoms with Crippen molar-refractivity contribution < 1.29 is 14.0 Å². The van der Waals surface area contributed by atoms with Crippen LogP contribution in [0.15, 0.2) is 27.8 Å². The van der Waals surface area contributed by atoms with Gasteiger partial charge in [-0.05, 0) is 47.3 Å². The Bertz CT molecular complexity index is 682. The van der Waals surface area contributed by atoms with Gasteiger partial charge >= 0.3 is 0 Å². The summed E-state index contributed by atoms with van der Waals surface area (Å²) >= 11 is 3.22. The number of nitrogens with zero attached hydrogens (tertiary/aromatic N) is 4. The molecule has 0 amide bonds. The van der Waals surface area contributed by atoms with Gasteiger partial charge in [-0.15, -0.1) is 5.10 Å². The predicted molar refractivity (Wildman–Crippen MR) is 97.8 cm³/mol. The lowest BCUT2D eigenvalue weighted by Gasteiger charge is -2.48. The molecule has 9 heteroatoms. The maximum absolute atomic E-state index is 5.94. The van der Waals surface area contributed by atoms with E-state index in [0.717, 1.165) is 25.3 Å². The molecule has 142 valence electrons. The van der Waals surface area contributed by atoms with Crippen molar-refractivity contribution in [3.8, 4) is 5.75 Å². The Hall–Kier alpha value is -1.58. The summed E-state index contributed by atoms with van der Waals surface area (Å²) in [5, 5.41) is 11.1. The van der Waals surface area contributed by atoms with E-state index in [4.69, 9.17) is 14.0 Å². The minimum Gasteiger partial charge on any atom is -0.488 e. The van der Waals surface area contributed by atoms with E-state index in [0.29, 0.717) is 28.9 Å². The van der Waals surface area contributed by atoms with E-state index in [1.165, 1.54) is 0 Å². The molecule has 3 heterocycles. The van der Waals surface area contributed by atoms with Crippen LogP contribution in [0.1, 0.15) is 26.0 Å². The molecule has 0 bridgehead atoms. The molecular formula is C17H24BrN5O3. The number of aromatic nitrogens is 4. The molecule has 0 spiro atoms. The van der Waals surface area contributed by atoms with Gasteiger partial charge in [-0.1, -0.05) is 13.8 Å². The zero-order chi connectivity index (χ0) is 18.6. The zero-order valence-electron chi connectivity index (χ0n) is 15.2. The maximum Gasteiger partial charge on any atom is 0.196 e. The van der Waals surface area contributed by atoms with Crippen LogP contribution in [0.25, 0.3) is 0 Å². The molecular weight excluding hydrogens is 402 g/mol. The largest absolute Gasteiger partial charge is 0.488 e. The third kappa shape index (κ3) is 3.74. The van der Waals surface area contributed by atoms with Crippen LogP contribution < -0.4 is 10.1 Å². The van der Waals surface area contributed by atoms with E-state index in [1.807, 2.05) is 0 Å². The summed E-state index contributed by atoms with van der Waals surface area (Å²) in [6, 6.07) is 0. The fourth-order valence-corrected chi connectivity index (χ4v) is 4.17. The first-order valence-electron chi connectivity index (χ1n) is 8.69. The van der Waals surface area contributed by atoms with Crippen molar-refractivity contribution in [3.63, 3.8) is 0 Å². The Balaban J connectivity index is 1.89. The average molecular weight is 426 g/mol. The van der Waals surface area contributed by atoms with E-state index in [9.17, 15) is 0 Å². The van der Waals surface area contributed by atoms with Gasteiger partial charge in [-0.25, -0.2) is 9.97 Å². The molecule has 1 fully saturated rings. The fraction of sp³-hybridized carbons (Fsp3) is 0.647. The van der Waals surface area contributed by atoms with Crippen molar-refractivity contribution in [2.75, 3.05) is 26.8 Å². The average Bonchev–Trinajstić information content (AvgIpc) is 3.19. The van der Waals surface area contributed by atoms with Gasteiger partial charge in [-0.3, -0.25) is 0 Å². The number of piperidine rings is 1. The molecule has 8 nitrogen and oxygen atoms in total. The molecule has 3 atom stereocenters. The van der Waals surface area contributed by atoms with Gasteiger partial charge in [-0.2, -0.15) is 0 Å². The van der Waals surface area contributed by atoms with Gasteiger partial charge in [0.15, 0.2) is 16.2 Å². The van der Waals surface area contributed by atoms with Gasteiger partial charge in [0.25, 0.3) is 0 Å². The highest BCUT2D eigenvalue weighted by Crippen LogP contribution is 2.45. The number of hydrogen-bond acceptors (Lipinski definition) is 8. The van der Waals surface area contributed by atoms with E-state index in [1.54, 1.807) is 25.7 Å². The van der Waals surface area contributed by atoms with E-state index in [2.05, 4.69) is 55.4 Å². The van der Waals surface area contributed by atoms with Crippen LogP contribution in [0.5, 0.6) is 5.75 Å². The lowest BCUT2D eigenvalue weighted by Crippen LogP contribution is -2.58. The molecule has 2 aromatic rings. The lowest BCUT2D eigenvalue weighted by molar-refractivity contribution is -0.0592. The van der Waals surface area contributed by atoms with Crippen LogP contribution in [-0.4, -0.2) is 53.2 Å². The Labute approximate surface area is 161 Å². The molecule has 3 rings (SSSR count). The lowest BCUT2D eigenvalue weighted by atomic mass is 9.62. The third-order valence-electron chi connectivity index (χ3n) is 5.22. The van der Waals surface area contributed by atoms with Crippen LogP contribution in [0.4, 0.5) is 0 Å². The molecule has 1 aliphatic heterocycles. The minimum atomic E-state index is -0.367. The summed E-state index contributed by atoms with van der Waals surface area (Å²) in [5.41, 5.74) is -0.367. The highest BCUT2D eigenvalue weighted by molar-refractivity contribution is 9.10. The number of halogens is 1. The fourth-order valence-electron chi connectivity index (χ4n) is 3.96. The Morgan fingerprint density at radius 3 is 2.73 bits per heavy atom. The van der Waals surface area contributed by atoms with Crippen LogP contribution >= 0.6 is 15.9 Å². The summed E-state index contributed by atoms with van der Waals surface area (Å²) in [4.78, 5) is 8.19. The highest BCUT2D eigenvalue weighted by Gasteiger charge is 2.52. The monoisotopic (exact) mass is 425 g/mol.